The van der Waals surface area contributed by atoms with E-state index in [-0.39, 0.29) is 20.6 Å². The first-order chi connectivity index (χ1) is 9.72. The normalized spacial score (nSPS) is 11.4. The lowest BCUT2D eigenvalue weighted by Gasteiger charge is -2.12. The minimum atomic E-state index is -3.85. The van der Waals surface area contributed by atoms with E-state index in [0.29, 0.717) is 5.69 Å². The Morgan fingerprint density at radius 3 is 2.48 bits per heavy atom. The zero-order chi connectivity index (χ0) is 15.8. The summed E-state index contributed by atoms with van der Waals surface area (Å²) in [5.74, 6) is 0. The highest BCUT2D eigenvalue weighted by Gasteiger charge is 2.21. The number of rotatable bonds is 3. The first-order valence-corrected chi connectivity index (χ1v) is 8.78. The van der Waals surface area contributed by atoms with Gasteiger partial charge in [-0.25, -0.2) is 8.42 Å². The molecule has 112 valence electrons. The Labute approximate surface area is 141 Å². The first-order valence-electron chi connectivity index (χ1n) is 5.75. The molecule has 2 rings (SSSR count). The van der Waals surface area contributed by atoms with Crippen LogP contribution in [-0.2, 0) is 10.0 Å². The van der Waals surface area contributed by atoms with Gasteiger partial charge in [0.05, 0.1) is 15.7 Å². The molecule has 0 heterocycles. The topological polar surface area (TPSA) is 72.2 Å². The van der Waals surface area contributed by atoms with E-state index in [1.165, 1.54) is 12.1 Å². The lowest BCUT2D eigenvalue weighted by Crippen LogP contribution is -2.14. The molecule has 2 aromatic rings. The molecule has 3 N–H and O–H groups in total. The summed E-state index contributed by atoms with van der Waals surface area (Å²) in [6.07, 6.45) is 0. The molecule has 0 spiro atoms. The Bertz CT molecular complexity index is 810. The molecule has 0 saturated carbocycles. The van der Waals surface area contributed by atoms with Crippen molar-refractivity contribution in [2.45, 2.75) is 11.8 Å². The number of halogens is 3. The lowest BCUT2D eigenvalue weighted by atomic mass is 10.2. The minimum Gasteiger partial charge on any atom is -0.396 e. The van der Waals surface area contributed by atoms with Gasteiger partial charge < -0.3 is 5.73 Å². The summed E-state index contributed by atoms with van der Waals surface area (Å²) in [4.78, 5) is -0.122. The third kappa shape index (κ3) is 3.45. The quantitative estimate of drug-likeness (QED) is 0.735. The Kier molecular flexibility index (Phi) is 4.72. The molecule has 4 nitrogen and oxygen atoms in total. The fourth-order valence-corrected chi connectivity index (χ4v) is 3.82. The fourth-order valence-electron chi connectivity index (χ4n) is 1.62. The third-order valence-corrected chi connectivity index (χ3v) is 5.93. The van der Waals surface area contributed by atoms with Gasteiger partial charge in [-0.1, -0.05) is 45.2 Å². The largest absolute Gasteiger partial charge is 0.396 e. The summed E-state index contributed by atoms with van der Waals surface area (Å²) >= 11 is 15.1. The maximum absolute atomic E-state index is 12.4. The molecule has 0 fully saturated rings. The molecule has 21 heavy (non-hydrogen) atoms. The van der Waals surface area contributed by atoms with Crippen LogP contribution in [0.3, 0.4) is 0 Å². The highest BCUT2D eigenvalue weighted by molar-refractivity contribution is 9.10. The molecular formula is C13H11BrCl2N2O2S. The molecule has 0 aliphatic rings. The van der Waals surface area contributed by atoms with E-state index in [9.17, 15) is 8.42 Å². The number of nitrogens with one attached hydrogen (secondary N) is 1. The van der Waals surface area contributed by atoms with Gasteiger partial charge in [-0.2, -0.15) is 0 Å². The molecule has 0 aromatic heterocycles. The molecule has 0 bridgehead atoms. The van der Waals surface area contributed by atoms with Crippen molar-refractivity contribution < 1.29 is 8.42 Å². The zero-order valence-corrected chi connectivity index (χ0v) is 14.7. The Morgan fingerprint density at radius 1 is 1.19 bits per heavy atom. The summed E-state index contributed by atoms with van der Waals surface area (Å²) < 4.78 is 28.0. The highest BCUT2D eigenvalue weighted by Crippen LogP contribution is 2.34. The van der Waals surface area contributed by atoms with Gasteiger partial charge in [-0.05, 0) is 36.8 Å². The molecule has 0 atom stereocenters. The average Bonchev–Trinajstić information content (AvgIpc) is 2.39. The van der Waals surface area contributed by atoms with Gasteiger partial charge in [-0.3, -0.25) is 4.72 Å². The van der Waals surface area contributed by atoms with Crippen LogP contribution in [0.15, 0.2) is 39.7 Å². The third-order valence-electron chi connectivity index (χ3n) is 2.80. The number of sulfonamides is 1. The molecular weight excluding hydrogens is 399 g/mol. The Hall–Kier alpha value is -0.950. The van der Waals surface area contributed by atoms with E-state index >= 15 is 0 Å². The van der Waals surface area contributed by atoms with Gasteiger partial charge in [0, 0.05) is 10.2 Å². The van der Waals surface area contributed by atoms with Gasteiger partial charge in [0.1, 0.15) is 4.90 Å². The molecule has 0 amide bonds. The molecule has 0 aliphatic heterocycles. The second-order valence-corrected chi connectivity index (χ2v) is 7.63. The van der Waals surface area contributed by atoms with Gasteiger partial charge in [0.2, 0.25) is 0 Å². The van der Waals surface area contributed by atoms with Gasteiger partial charge in [0.15, 0.2) is 0 Å². The average molecular weight is 410 g/mol. The van der Waals surface area contributed by atoms with Crippen molar-refractivity contribution >= 4 is 60.5 Å². The Morgan fingerprint density at radius 2 is 1.86 bits per heavy atom. The van der Waals surface area contributed by atoms with Crippen molar-refractivity contribution in [3.05, 3.63) is 50.4 Å². The molecule has 0 radical (unpaired) electrons. The number of hydrogen-bond donors (Lipinski definition) is 2. The Balaban J connectivity index is 2.43. The zero-order valence-electron chi connectivity index (χ0n) is 10.8. The SMILES string of the molecule is Cc1ccc(NS(=O)(=O)c2ccc(Cl)c(N)c2Cl)cc1Br. The van der Waals surface area contributed by atoms with E-state index < -0.39 is 10.0 Å². The monoisotopic (exact) mass is 408 g/mol. The van der Waals surface area contributed by atoms with Crippen LogP contribution in [0.1, 0.15) is 5.56 Å². The van der Waals surface area contributed by atoms with Crippen LogP contribution in [0.2, 0.25) is 10.0 Å². The number of aryl methyl sites for hydroxylation is 1. The number of hydrogen-bond acceptors (Lipinski definition) is 3. The lowest BCUT2D eigenvalue weighted by molar-refractivity contribution is 0.601. The van der Waals surface area contributed by atoms with Gasteiger partial charge >= 0.3 is 0 Å². The number of benzene rings is 2. The molecule has 0 aliphatic carbocycles. The van der Waals surface area contributed by atoms with E-state index in [4.69, 9.17) is 28.9 Å². The fraction of sp³-hybridized carbons (Fsp3) is 0.0769. The maximum Gasteiger partial charge on any atom is 0.263 e. The molecule has 2 aromatic carbocycles. The smallest absolute Gasteiger partial charge is 0.263 e. The van der Waals surface area contributed by atoms with Crippen molar-refractivity contribution in [2.75, 3.05) is 10.5 Å². The van der Waals surface area contributed by atoms with E-state index in [1.807, 2.05) is 6.92 Å². The van der Waals surface area contributed by atoms with Gasteiger partial charge in [-0.15, -0.1) is 0 Å². The summed E-state index contributed by atoms with van der Waals surface area (Å²) in [5, 5.41) is 0.109. The van der Waals surface area contributed by atoms with E-state index in [0.717, 1.165) is 10.0 Å². The van der Waals surface area contributed by atoms with Crippen LogP contribution < -0.4 is 10.5 Å². The summed E-state index contributed by atoms with van der Waals surface area (Å²) in [5.41, 5.74) is 7.09. The van der Waals surface area contributed by atoms with Crippen LogP contribution in [0.5, 0.6) is 0 Å². The predicted molar refractivity (Wildman–Crippen MR) is 90.6 cm³/mol. The molecule has 8 heteroatoms. The van der Waals surface area contributed by atoms with E-state index in [1.54, 1.807) is 18.2 Å². The van der Waals surface area contributed by atoms with Crippen molar-refractivity contribution in [3.63, 3.8) is 0 Å². The second kappa shape index (κ2) is 6.04. The second-order valence-electron chi connectivity index (χ2n) is 4.34. The van der Waals surface area contributed by atoms with Crippen molar-refractivity contribution in [3.8, 4) is 0 Å². The summed E-state index contributed by atoms with van der Waals surface area (Å²) in [7, 11) is -3.85. The van der Waals surface area contributed by atoms with Crippen molar-refractivity contribution in [1.82, 2.24) is 0 Å². The number of anilines is 2. The summed E-state index contributed by atoms with van der Waals surface area (Å²) in [6, 6.07) is 7.82. The molecule has 0 unspecified atom stereocenters. The van der Waals surface area contributed by atoms with Crippen LogP contribution >= 0.6 is 39.1 Å². The minimum absolute atomic E-state index is 0.0336. The number of nitrogens with two attached hydrogens (primary N) is 1. The number of nitrogen functional groups attached to an aromatic ring is 1. The maximum atomic E-state index is 12.4. The van der Waals surface area contributed by atoms with Crippen LogP contribution in [-0.4, -0.2) is 8.42 Å². The molecule has 0 saturated heterocycles. The standard InChI is InChI=1S/C13H11BrCl2N2O2S/c1-7-2-3-8(6-9(7)14)18-21(19,20)11-5-4-10(15)13(17)12(11)16/h2-6,18H,17H2,1H3. The summed E-state index contributed by atoms with van der Waals surface area (Å²) in [6.45, 7) is 1.90. The van der Waals surface area contributed by atoms with E-state index in [2.05, 4.69) is 20.7 Å². The first kappa shape index (κ1) is 16.4. The van der Waals surface area contributed by atoms with Crippen LogP contribution in [0.25, 0.3) is 0 Å². The van der Waals surface area contributed by atoms with Crippen molar-refractivity contribution in [2.24, 2.45) is 0 Å². The predicted octanol–water partition coefficient (Wildman–Crippen LogP) is 4.45. The van der Waals surface area contributed by atoms with Crippen LogP contribution in [0.4, 0.5) is 11.4 Å². The van der Waals surface area contributed by atoms with Gasteiger partial charge in [0.25, 0.3) is 10.0 Å². The van der Waals surface area contributed by atoms with Crippen molar-refractivity contribution in [1.29, 1.82) is 0 Å². The highest BCUT2D eigenvalue weighted by atomic mass is 79.9. The van der Waals surface area contributed by atoms with Crippen LogP contribution in [0, 0.1) is 6.92 Å².